The molecule has 0 aromatic carbocycles. The first-order valence-electron chi connectivity index (χ1n) is 7.59. The van der Waals surface area contributed by atoms with Crippen LogP contribution in [0.3, 0.4) is 0 Å². The van der Waals surface area contributed by atoms with E-state index in [1.165, 1.54) is 21.1 Å². The van der Waals surface area contributed by atoms with Gasteiger partial charge in [0.05, 0.1) is 12.1 Å². The van der Waals surface area contributed by atoms with Crippen molar-refractivity contribution in [2.45, 2.75) is 25.3 Å². The van der Waals surface area contributed by atoms with Crippen molar-refractivity contribution in [1.29, 1.82) is 0 Å². The summed E-state index contributed by atoms with van der Waals surface area (Å²) >= 11 is 0. The van der Waals surface area contributed by atoms with E-state index in [9.17, 15) is 16.8 Å². The van der Waals surface area contributed by atoms with E-state index in [4.69, 9.17) is 0 Å². The van der Waals surface area contributed by atoms with Crippen LogP contribution in [0.2, 0.25) is 0 Å². The van der Waals surface area contributed by atoms with Gasteiger partial charge in [-0.15, -0.1) is 0 Å². The molecule has 0 atom stereocenters. The zero-order valence-corrected chi connectivity index (χ0v) is 15.3. The summed E-state index contributed by atoms with van der Waals surface area (Å²) < 4.78 is 54.1. The standard InChI is InChI=1S/C13H24N4O4S2/c1-12(2)10-22(18,19)16-5-4-6-17(8-7-16)23(20,21)13-9-15(3)11-14-13/h9,11-12H,4-8,10H2,1-3H3. The maximum Gasteiger partial charge on any atom is 0.262 e. The van der Waals surface area contributed by atoms with E-state index in [-0.39, 0.29) is 29.8 Å². The Morgan fingerprint density at radius 3 is 2.26 bits per heavy atom. The van der Waals surface area contributed by atoms with Crippen LogP contribution in [0.15, 0.2) is 17.6 Å². The molecule has 0 N–H and O–H groups in total. The van der Waals surface area contributed by atoms with Gasteiger partial charge in [-0.05, 0) is 12.3 Å². The molecule has 0 radical (unpaired) electrons. The number of imidazole rings is 1. The minimum Gasteiger partial charge on any atom is -0.339 e. The lowest BCUT2D eigenvalue weighted by Crippen LogP contribution is -2.39. The van der Waals surface area contributed by atoms with Gasteiger partial charge < -0.3 is 4.57 Å². The summed E-state index contributed by atoms with van der Waals surface area (Å²) in [5, 5.41) is -0.00140. The van der Waals surface area contributed by atoms with Crippen LogP contribution in [0, 0.1) is 5.92 Å². The topological polar surface area (TPSA) is 92.6 Å². The maximum atomic E-state index is 12.6. The second-order valence-electron chi connectivity index (χ2n) is 6.21. The molecule has 0 bridgehead atoms. The fraction of sp³-hybridized carbons (Fsp3) is 0.769. The van der Waals surface area contributed by atoms with Gasteiger partial charge in [0.15, 0.2) is 5.03 Å². The molecule has 1 aromatic heterocycles. The highest BCUT2D eigenvalue weighted by atomic mass is 32.2. The average Bonchev–Trinajstić information content (AvgIpc) is 2.72. The number of rotatable bonds is 5. The molecule has 1 saturated heterocycles. The molecule has 0 saturated carbocycles. The van der Waals surface area contributed by atoms with Crippen LogP contribution >= 0.6 is 0 Å². The first-order valence-corrected chi connectivity index (χ1v) is 10.6. The van der Waals surface area contributed by atoms with Crippen molar-refractivity contribution in [3.63, 3.8) is 0 Å². The van der Waals surface area contributed by atoms with Crippen molar-refractivity contribution in [2.24, 2.45) is 13.0 Å². The van der Waals surface area contributed by atoms with Gasteiger partial charge in [0.1, 0.15) is 0 Å². The Labute approximate surface area is 138 Å². The number of sulfonamides is 2. The molecular weight excluding hydrogens is 340 g/mol. The summed E-state index contributed by atoms with van der Waals surface area (Å²) in [6.07, 6.45) is 3.36. The molecule has 0 aliphatic carbocycles. The van der Waals surface area contributed by atoms with Crippen molar-refractivity contribution in [3.8, 4) is 0 Å². The highest BCUT2D eigenvalue weighted by Crippen LogP contribution is 2.18. The molecule has 1 aliphatic heterocycles. The third-order valence-corrected chi connectivity index (χ3v) is 7.66. The first kappa shape index (κ1) is 18.4. The Hall–Kier alpha value is -0.970. The molecule has 2 rings (SSSR count). The van der Waals surface area contributed by atoms with Crippen LogP contribution in [0.25, 0.3) is 0 Å². The minimum absolute atomic E-state index is 0.00140. The molecule has 132 valence electrons. The number of nitrogens with zero attached hydrogens (tertiary/aromatic N) is 4. The number of aromatic nitrogens is 2. The molecule has 1 aromatic rings. The van der Waals surface area contributed by atoms with Gasteiger partial charge in [-0.2, -0.15) is 4.31 Å². The summed E-state index contributed by atoms with van der Waals surface area (Å²) in [6.45, 7) is 4.69. The Kier molecular flexibility index (Phi) is 5.49. The van der Waals surface area contributed by atoms with Crippen molar-refractivity contribution in [2.75, 3.05) is 31.9 Å². The summed E-state index contributed by atoms with van der Waals surface area (Å²) in [5.74, 6) is 0.122. The molecule has 23 heavy (non-hydrogen) atoms. The van der Waals surface area contributed by atoms with E-state index in [2.05, 4.69) is 4.98 Å². The second kappa shape index (κ2) is 6.88. The van der Waals surface area contributed by atoms with Gasteiger partial charge in [0.25, 0.3) is 10.0 Å². The number of hydrogen-bond donors (Lipinski definition) is 0. The van der Waals surface area contributed by atoms with E-state index >= 15 is 0 Å². The SMILES string of the molecule is CC(C)CS(=O)(=O)N1CCCN(S(=O)(=O)c2cn(C)cn2)CC1. The smallest absolute Gasteiger partial charge is 0.262 e. The zero-order chi connectivity index (χ0) is 17.3. The lowest BCUT2D eigenvalue weighted by Gasteiger charge is -2.21. The molecule has 1 fully saturated rings. The summed E-state index contributed by atoms with van der Waals surface area (Å²) in [4.78, 5) is 3.90. The highest BCUT2D eigenvalue weighted by Gasteiger charge is 2.32. The molecule has 0 amide bonds. The van der Waals surface area contributed by atoms with Crippen LogP contribution in [-0.4, -0.2) is 66.9 Å². The third-order valence-electron chi connectivity index (χ3n) is 3.64. The quantitative estimate of drug-likeness (QED) is 0.739. The first-order chi connectivity index (χ1) is 10.6. The van der Waals surface area contributed by atoms with Gasteiger partial charge in [-0.1, -0.05) is 13.8 Å². The van der Waals surface area contributed by atoms with Crippen molar-refractivity contribution in [1.82, 2.24) is 18.2 Å². The van der Waals surface area contributed by atoms with Gasteiger partial charge in [-0.3, -0.25) is 0 Å². The normalized spacial score (nSPS) is 19.1. The van der Waals surface area contributed by atoms with E-state index < -0.39 is 20.0 Å². The minimum atomic E-state index is -3.68. The number of hydrogen-bond acceptors (Lipinski definition) is 5. The number of aryl methyl sites for hydroxylation is 1. The maximum absolute atomic E-state index is 12.6. The largest absolute Gasteiger partial charge is 0.339 e. The van der Waals surface area contributed by atoms with Crippen LogP contribution in [0.1, 0.15) is 20.3 Å². The Balaban J connectivity index is 2.12. The predicted molar refractivity (Wildman–Crippen MR) is 86.8 cm³/mol. The predicted octanol–water partition coefficient (Wildman–Crippen LogP) is 0.102. The van der Waals surface area contributed by atoms with Crippen LogP contribution in [0.5, 0.6) is 0 Å². The third kappa shape index (κ3) is 4.31. The van der Waals surface area contributed by atoms with Crippen LogP contribution in [-0.2, 0) is 27.1 Å². The molecule has 1 aliphatic rings. The lowest BCUT2D eigenvalue weighted by molar-refractivity contribution is 0.401. The Morgan fingerprint density at radius 1 is 1.09 bits per heavy atom. The van der Waals surface area contributed by atoms with Crippen molar-refractivity contribution < 1.29 is 16.8 Å². The average molecular weight is 364 g/mol. The monoisotopic (exact) mass is 364 g/mol. The molecule has 10 heteroatoms. The van der Waals surface area contributed by atoms with Gasteiger partial charge in [0, 0.05) is 39.4 Å². The van der Waals surface area contributed by atoms with E-state index in [0.29, 0.717) is 19.5 Å². The molecule has 0 unspecified atom stereocenters. The zero-order valence-electron chi connectivity index (χ0n) is 13.7. The molecular formula is C13H24N4O4S2. The van der Waals surface area contributed by atoms with E-state index in [0.717, 1.165) is 0 Å². The van der Waals surface area contributed by atoms with Gasteiger partial charge in [0.2, 0.25) is 10.0 Å². The fourth-order valence-corrected chi connectivity index (χ4v) is 5.83. The Morgan fingerprint density at radius 2 is 1.70 bits per heavy atom. The molecule has 8 nitrogen and oxygen atoms in total. The molecule has 2 heterocycles. The summed E-state index contributed by atoms with van der Waals surface area (Å²) in [7, 11) is -5.32. The Bertz CT molecular complexity index is 740. The summed E-state index contributed by atoms with van der Waals surface area (Å²) in [5.41, 5.74) is 0. The second-order valence-corrected chi connectivity index (χ2v) is 10.1. The van der Waals surface area contributed by atoms with Crippen molar-refractivity contribution >= 4 is 20.0 Å². The van der Waals surface area contributed by atoms with E-state index in [1.807, 2.05) is 13.8 Å². The molecule has 0 spiro atoms. The van der Waals surface area contributed by atoms with Crippen molar-refractivity contribution in [3.05, 3.63) is 12.5 Å². The van der Waals surface area contributed by atoms with Gasteiger partial charge >= 0.3 is 0 Å². The van der Waals surface area contributed by atoms with E-state index in [1.54, 1.807) is 11.6 Å². The lowest BCUT2D eigenvalue weighted by atomic mass is 10.3. The highest BCUT2D eigenvalue weighted by molar-refractivity contribution is 7.89. The van der Waals surface area contributed by atoms with Gasteiger partial charge in [-0.25, -0.2) is 26.1 Å². The summed E-state index contributed by atoms with van der Waals surface area (Å²) in [6, 6.07) is 0. The van der Waals surface area contributed by atoms with Crippen LogP contribution in [0.4, 0.5) is 0 Å². The van der Waals surface area contributed by atoms with Crippen LogP contribution < -0.4 is 0 Å². The fourth-order valence-electron chi connectivity index (χ4n) is 2.57.